The number of imide groups is 1. The van der Waals surface area contributed by atoms with Gasteiger partial charge in [0.25, 0.3) is 5.91 Å². The summed E-state index contributed by atoms with van der Waals surface area (Å²) in [6.45, 7) is 5.83. The van der Waals surface area contributed by atoms with Gasteiger partial charge < -0.3 is 15.2 Å². The van der Waals surface area contributed by atoms with Crippen LogP contribution in [0.5, 0.6) is 0 Å². The van der Waals surface area contributed by atoms with Crippen LogP contribution in [-0.2, 0) is 19.1 Å². The van der Waals surface area contributed by atoms with Crippen LogP contribution in [0, 0.1) is 0 Å². The van der Waals surface area contributed by atoms with Gasteiger partial charge in [0.1, 0.15) is 11.8 Å². The lowest BCUT2D eigenvalue weighted by atomic mass is 10.2. The summed E-state index contributed by atoms with van der Waals surface area (Å²) in [6, 6.07) is -0.849. The predicted octanol–water partition coefficient (Wildman–Crippen LogP) is 0.0279. The number of amides is 2. The molecule has 0 aliphatic carbocycles. The highest BCUT2D eigenvalue weighted by Gasteiger charge is 2.31. The summed E-state index contributed by atoms with van der Waals surface area (Å²) in [4.78, 5) is 24.6. The van der Waals surface area contributed by atoms with Gasteiger partial charge in [-0.2, -0.15) is 0 Å². The maximum atomic E-state index is 11.9. The summed E-state index contributed by atoms with van der Waals surface area (Å²) >= 11 is 0. The number of ether oxygens (including phenoxy) is 2. The van der Waals surface area contributed by atoms with Crippen molar-refractivity contribution in [2.75, 3.05) is 20.3 Å². The van der Waals surface area contributed by atoms with Gasteiger partial charge in [-0.25, -0.2) is 0 Å². The molecule has 2 amide bonds. The van der Waals surface area contributed by atoms with Gasteiger partial charge in [-0.3, -0.25) is 14.5 Å². The molecule has 0 bridgehead atoms. The second kappa shape index (κ2) is 5.49. The summed E-state index contributed by atoms with van der Waals surface area (Å²) in [7, 11) is 1.45. The topological polar surface area (TPSA) is 81.9 Å². The third-order valence-corrected chi connectivity index (χ3v) is 2.41. The van der Waals surface area contributed by atoms with Gasteiger partial charge in [-0.05, 0) is 20.8 Å². The molecule has 2 N–H and O–H groups in total. The fraction of sp³-hybridized carbons (Fsp3) is 0.667. The van der Waals surface area contributed by atoms with Gasteiger partial charge >= 0.3 is 0 Å². The third kappa shape index (κ3) is 3.82. The highest BCUT2D eigenvalue weighted by molar-refractivity contribution is 6.05. The lowest BCUT2D eigenvalue weighted by molar-refractivity contribution is -0.143. The molecule has 0 unspecified atom stereocenters. The second-order valence-corrected chi connectivity index (χ2v) is 5.11. The van der Waals surface area contributed by atoms with Gasteiger partial charge in [0, 0.05) is 6.08 Å². The molecule has 0 saturated carbocycles. The summed E-state index contributed by atoms with van der Waals surface area (Å²) in [6.07, 6.45) is 1.29. The van der Waals surface area contributed by atoms with Crippen LogP contribution in [0.4, 0.5) is 0 Å². The molecule has 0 fully saturated rings. The zero-order valence-corrected chi connectivity index (χ0v) is 11.2. The van der Waals surface area contributed by atoms with E-state index in [0.717, 1.165) is 4.90 Å². The van der Waals surface area contributed by atoms with E-state index in [1.54, 1.807) is 0 Å². The van der Waals surface area contributed by atoms with Gasteiger partial charge in [0.2, 0.25) is 5.91 Å². The Balaban J connectivity index is 2.53. The van der Waals surface area contributed by atoms with Gasteiger partial charge in [-0.15, -0.1) is 0 Å². The molecule has 0 spiro atoms. The molecule has 6 nitrogen and oxygen atoms in total. The summed E-state index contributed by atoms with van der Waals surface area (Å²) in [5, 5.41) is 0. The van der Waals surface area contributed by atoms with E-state index in [1.807, 2.05) is 20.8 Å². The lowest BCUT2D eigenvalue weighted by Gasteiger charge is -2.24. The minimum Gasteiger partial charge on any atom is -0.499 e. The fourth-order valence-corrected chi connectivity index (χ4v) is 1.42. The molecule has 1 aliphatic heterocycles. The number of carbonyl (C=O) groups is 2. The van der Waals surface area contributed by atoms with E-state index in [4.69, 9.17) is 15.2 Å². The van der Waals surface area contributed by atoms with Crippen LogP contribution in [-0.4, -0.2) is 48.6 Å². The molecule has 1 aliphatic rings. The molecular weight excluding hydrogens is 236 g/mol. The molecule has 6 heteroatoms. The van der Waals surface area contributed by atoms with E-state index < -0.39 is 17.9 Å². The number of hydrogen-bond acceptors (Lipinski definition) is 5. The minimum absolute atomic E-state index is 0.0778. The van der Waals surface area contributed by atoms with Crippen molar-refractivity contribution in [3.8, 4) is 0 Å². The molecule has 0 aromatic heterocycles. The number of nitrogens with zero attached hydrogens (tertiary/aromatic N) is 1. The first-order chi connectivity index (χ1) is 8.24. The van der Waals surface area contributed by atoms with Crippen molar-refractivity contribution < 1.29 is 19.1 Å². The van der Waals surface area contributed by atoms with Crippen molar-refractivity contribution in [3.63, 3.8) is 0 Å². The molecule has 1 heterocycles. The normalized spacial score (nSPS) is 17.7. The Morgan fingerprint density at radius 1 is 1.56 bits per heavy atom. The molecule has 0 radical (unpaired) electrons. The zero-order chi connectivity index (χ0) is 13.9. The van der Waals surface area contributed by atoms with Crippen molar-refractivity contribution in [2.45, 2.75) is 32.4 Å². The predicted molar refractivity (Wildman–Crippen MR) is 65.5 cm³/mol. The van der Waals surface area contributed by atoms with Gasteiger partial charge in [0.15, 0.2) is 0 Å². The van der Waals surface area contributed by atoms with Crippen LogP contribution in [0.2, 0.25) is 0 Å². The number of hydrogen-bond donors (Lipinski definition) is 1. The van der Waals surface area contributed by atoms with Crippen LogP contribution >= 0.6 is 0 Å². The van der Waals surface area contributed by atoms with Crippen molar-refractivity contribution in [2.24, 2.45) is 5.73 Å². The van der Waals surface area contributed by atoms with Crippen LogP contribution in [0.3, 0.4) is 0 Å². The summed E-state index contributed by atoms with van der Waals surface area (Å²) in [5.41, 5.74) is 5.35. The molecule has 0 aromatic rings. The number of carbonyl (C=O) groups excluding carboxylic acids is 2. The van der Waals surface area contributed by atoms with Crippen LogP contribution < -0.4 is 5.73 Å². The van der Waals surface area contributed by atoms with Crippen molar-refractivity contribution in [1.29, 1.82) is 0 Å². The maximum Gasteiger partial charge on any atom is 0.257 e. The number of methoxy groups -OCH3 is 1. The highest BCUT2D eigenvalue weighted by Crippen LogP contribution is 2.13. The molecular formula is C12H20N2O4. The van der Waals surface area contributed by atoms with E-state index >= 15 is 0 Å². The Morgan fingerprint density at radius 3 is 2.61 bits per heavy atom. The Morgan fingerprint density at radius 2 is 2.17 bits per heavy atom. The first-order valence-corrected chi connectivity index (χ1v) is 5.74. The minimum atomic E-state index is -0.849. The van der Waals surface area contributed by atoms with Gasteiger partial charge in [0.05, 0.1) is 25.9 Å². The van der Waals surface area contributed by atoms with Crippen molar-refractivity contribution in [1.82, 2.24) is 4.90 Å². The van der Waals surface area contributed by atoms with E-state index in [0.29, 0.717) is 5.76 Å². The Kier molecular flexibility index (Phi) is 4.48. The van der Waals surface area contributed by atoms with Gasteiger partial charge in [-0.1, -0.05) is 0 Å². The third-order valence-electron chi connectivity index (χ3n) is 2.41. The van der Waals surface area contributed by atoms with Crippen LogP contribution in [0.25, 0.3) is 0 Å². The number of rotatable bonds is 4. The molecule has 0 saturated heterocycles. The Hall–Kier alpha value is -1.40. The quantitative estimate of drug-likeness (QED) is 0.767. The molecule has 1 atom stereocenters. The summed E-state index contributed by atoms with van der Waals surface area (Å²) < 4.78 is 10.4. The zero-order valence-electron chi connectivity index (χ0n) is 11.2. The standard InChI is InChI=1S/C12H20N2O4/c1-12(2,3)18-7-9(13)11(16)14-6-8(17-4)5-10(14)15/h5,9H,6-7,13H2,1-4H3/t9-/m1/s1. The lowest BCUT2D eigenvalue weighted by Crippen LogP contribution is -2.48. The Bertz CT molecular complexity index is 371. The summed E-state index contributed by atoms with van der Waals surface area (Å²) in [5.74, 6) is -0.395. The van der Waals surface area contributed by atoms with E-state index in [2.05, 4.69) is 0 Å². The second-order valence-electron chi connectivity index (χ2n) is 5.11. The van der Waals surface area contributed by atoms with Crippen LogP contribution in [0.1, 0.15) is 20.8 Å². The van der Waals surface area contributed by atoms with E-state index in [9.17, 15) is 9.59 Å². The van der Waals surface area contributed by atoms with Crippen molar-refractivity contribution >= 4 is 11.8 Å². The molecule has 1 rings (SSSR count). The fourth-order valence-electron chi connectivity index (χ4n) is 1.42. The largest absolute Gasteiger partial charge is 0.499 e. The van der Waals surface area contributed by atoms with E-state index in [-0.39, 0.29) is 18.8 Å². The average molecular weight is 256 g/mol. The van der Waals surface area contributed by atoms with Crippen LogP contribution in [0.15, 0.2) is 11.8 Å². The van der Waals surface area contributed by atoms with E-state index in [1.165, 1.54) is 13.2 Å². The molecule has 0 aromatic carbocycles. The molecule has 18 heavy (non-hydrogen) atoms. The average Bonchev–Trinajstić information content (AvgIpc) is 2.65. The van der Waals surface area contributed by atoms with Crippen molar-refractivity contribution in [3.05, 3.63) is 11.8 Å². The monoisotopic (exact) mass is 256 g/mol. The maximum absolute atomic E-state index is 11.9. The SMILES string of the molecule is COC1=CC(=O)N(C(=O)[C@H](N)COC(C)(C)C)C1. The molecule has 102 valence electrons. The number of nitrogens with two attached hydrogens (primary N) is 1. The highest BCUT2D eigenvalue weighted by atomic mass is 16.5. The first kappa shape index (κ1) is 14.7. The smallest absolute Gasteiger partial charge is 0.257 e. The first-order valence-electron chi connectivity index (χ1n) is 5.74. The Labute approximate surface area is 107 Å².